The van der Waals surface area contributed by atoms with Crippen LogP contribution < -0.4 is 21.2 Å². The SMILES string of the molecule is COC[C@H](C)COc1ccc(Nc2cc(-c3cccc(-n4ncc5cc(C(C)(C)C)cc(F)c5c4=O)c3CO)nn(C)c2=O)nc1. The van der Waals surface area contributed by atoms with Gasteiger partial charge in [-0.3, -0.25) is 9.59 Å². The lowest BCUT2D eigenvalue weighted by Gasteiger charge is -2.20. The zero-order valence-corrected chi connectivity index (χ0v) is 26.7. The number of rotatable bonds is 10. The van der Waals surface area contributed by atoms with Gasteiger partial charge in [0.15, 0.2) is 0 Å². The maximum atomic E-state index is 15.3. The number of pyridine rings is 1. The Morgan fingerprint density at radius 2 is 1.83 bits per heavy atom. The molecule has 0 spiro atoms. The van der Waals surface area contributed by atoms with E-state index in [1.807, 2.05) is 27.7 Å². The van der Waals surface area contributed by atoms with E-state index >= 15 is 4.39 Å². The molecule has 0 aliphatic carbocycles. The molecule has 240 valence electrons. The smallest absolute Gasteiger partial charge is 0.290 e. The minimum atomic E-state index is -0.662. The van der Waals surface area contributed by atoms with Gasteiger partial charge < -0.3 is 19.9 Å². The lowest BCUT2D eigenvalue weighted by molar-refractivity contribution is 0.127. The van der Waals surface area contributed by atoms with Gasteiger partial charge >= 0.3 is 0 Å². The second kappa shape index (κ2) is 13.2. The van der Waals surface area contributed by atoms with E-state index in [-0.39, 0.29) is 28.1 Å². The molecule has 12 heteroatoms. The maximum absolute atomic E-state index is 15.3. The first kappa shape index (κ1) is 32.5. The van der Waals surface area contributed by atoms with Gasteiger partial charge in [-0.2, -0.15) is 14.9 Å². The Labute approximate surface area is 265 Å². The van der Waals surface area contributed by atoms with Crippen molar-refractivity contribution >= 4 is 22.3 Å². The second-order valence-corrected chi connectivity index (χ2v) is 12.2. The van der Waals surface area contributed by atoms with E-state index < -0.39 is 23.5 Å². The van der Waals surface area contributed by atoms with E-state index in [0.29, 0.717) is 47.0 Å². The first-order valence-electron chi connectivity index (χ1n) is 14.8. The molecule has 0 radical (unpaired) electrons. The van der Waals surface area contributed by atoms with Crippen molar-refractivity contribution in [2.75, 3.05) is 25.6 Å². The zero-order chi connectivity index (χ0) is 33.2. The van der Waals surface area contributed by atoms with Crippen LogP contribution in [0.25, 0.3) is 27.7 Å². The molecule has 0 unspecified atom stereocenters. The second-order valence-electron chi connectivity index (χ2n) is 12.2. The molecule has 0 aliphatic heterocycles. The minimum absolute atomic E-state index is 0.0996. The molecular formula is C34H37FN6O5. The van der Waals surface area contributed by atoms with Crippen LogP contribution in [0.2, 0.25) is 0 Å². The Kier molecular flexibility index (Phi) is 9.31. The monoisotopic (exact) mass is 628 g/mol. The average molecular weight is 629 g/mol. The number of aliphatic hydroxyl groups excluding tert-OH is 1. The summed E-state index contributed by atoms with van der Waals surface area (Å²) in [4.78, 5) is 31.0. The Bertz CT molecular complexity index is 2000. The van der Waals surface area contributed by atoms with E-state index in [2.05, 4.69) is 20.5 Å². The molecule has 5 rings (SSSR count). The number of ether oxygens (including phenoxy) is 2. The number of aryl methyl sites for hydroxylation is 1. The van der Waals surface area contributed by atoms with Crippen molar-refractivity contribution in [2.24, 2.45) is 13.0 Å². The highest BCUT2D eigenvalue weighted by atomic mass is 19.1. The van der Waals surface area contributed by atoms with Crippen molar-refractivity contribution in [3.63, 3.8) is 0 Å². The summed E-state index contributed by atoms with van der Waals surface area (Å²) in [5, 5.41) is 22.6. The lowest BCUT2D eigenvalue weighted by atomic mass is 9.86. The van der Waals surface area contributed by atoms with Crippen molar-refractivity contribution in [3.8, 4) is 22.7 Å². The fourth-order valence-corrected chi connectivity index (χ4v) is 5.10. The topological polar surface area (TPSA) is 133 Å². The van der Waals surface area contributed by atoms with Crippen LogP contribution in [0, 0.1) is 11.7 Å². The molecule has 0 saturated carbocycles. The number of benzene rings is 2. The number of nitrogens with zero attached hydrogens (tertiary/aromatic N) is 5. The largest absolute Gasteiger partial charge is 0.492 e. The molecule has 11 nitrogen and oxygen atoms in total. The first-order valence-corrected chi connectivity index (χ1v) is 14.8. The predicted molar refractivity (Wildman–Crippen MR) is 174 cm³/mol. The number of fused-ring (bicyclic) bond motifs is 1. The molecule has 0 amide bonds. The van der Waals surface area contributed by atoms with Crippen molar-refractivity contribution in [2.45, 2.75) is 39.7 Å². The van der Waals surface area contributed by atoms with Gasteiger partial charge in [-0.05, 0) is 47.4 Å². The highest BCUT2D eigenvalue weighted by Gasteiger charge is 2.21. The van der Waals surface area contributed by atoms with Gasteiger partial charge in [-0.25, -0.2) is 14.1 Å². The number of methoxy groups -OCH3 is 1. The van der Waals surface area contributed by atoms with Gasteiger partial charge in [0.25, 0.3) is 11.1 Å². The normalized spacial score (nSPS) is 12.3. The van der Waals surface area contributed by atoms with Crippen LogP contribution in [0.5, 0.6) is 5.75 Å². The molecule has 2 aromatic carbocycles. The van der Waals surface area contributed by atoms with E-state index in [9.17, 15) is 14.7 Å². The summed E-state index contributed by atoms with van der Waals surface area (Å²) >= 11 is 0. The van der Waals surface area contributed by atoms with Crippen molar-refractivity contribution in [1.29, 1.82) is 0 Å². The Morgan fingerprint density at radius 3 is 2.50 bits per heavy atom. The molecule has 3 heterocycles. The number of nitrogens with one attached hydrogen (secondary N) is 1. The van der Waals surface area contributed by atoms with Crippen molar-refractivity contribution in [3.05, 3.63) is 98.6 Å². The molecule has 5 aromatic rings. The quantitative estimate of drug-likeness (QED) is 0.222. The van der Waals surface area contributed by atoms with Gasteiger partial charge in [0.1, 0.15) is 23.1 Å². The summed E-state index contributed by atoms with van der Waals surface area (Å²) in [5.41, 5.74) is 0.922. The number of anilines is 2. The third kappa shape index (κ3) is 6.68. The summed E-state index contributed by atoms with van der Waals surface area (Å²) in [5.74, 6) is 0.552. The summed E-state index contributed by atoms with van der Waals surface area (Å²) in [6.45, 7) is 8.46. The lowest BCUT2D eigenvalue weighted by Crippen LogP contribution is -2.24. The minimum Gasteiger partial charge on any atom is -0.492 e. The summed E-state index contributed by atoms with van der Waals surface area (Å²) in [6.07, 6.45) is 3.00. The zero-order valence-electron chi connectivity index (χ0n) is 26.7. The van der Waals surface area contributed by atoms with Crippen LogP contribution in [0.1, 0.15) is 38.8 Å². The van der Waals surface area contributed by atoms with Gasteiger partial charge in [0.2, 0.25) is 0 Å². The average Bonchev–Trinajstić information content (AvgIpc) is 3.02. The Morgan fingerprint density at radius 1 is 1.04 bits per heavy atom. The number of aliphatic hydroxyl groups is 1. The summed E-state index contributed by atoms with van der Waals surface area (Å²) < 4.78 is 28.5. The van der Waals surface area contributed by atoms with Crippen LogP contribution in [0.4, 0.5) is 15.9 Å². The van der Waals surface area contributed by atoms with E-state index in [1.165, 1.54) is 24.0 Å². The molecule has 46 heavy (non-hydrogen) atoms. The molecule has 3 aromatic heterocycles. The number of hydrogen-bond donors (Lipinski definition) is 2. The molecule has 2 N–H and O–H groups in total. The van der Waals surface area contributed by atoms with Crippen molar-refractivity contribution in [1.82, 2.24) is 24.5 Å². The fourth-order valence-electron chi connectivity index (χ4n) is 5.10. The van der Waals surface area contributed by atoms with Crippen LogP contribution in [-0.2, 0) is 23.8 Å². The predicted octanol–water partition coefficient (Wildman–Crippen LogP) is 4.88. The highest BCUT2D eigenvalue weighted by molar-refractivity contribution is 5.83. The van der Waals surface area contributed by atoms with E-state index in [4.69, 9.17) is 9.47 Å². The van der Waals surface area contributed by atoms with Crippen molar-refractivity contribution < 1.29 is 19.0 Å². The maximum Gasteiger partial charge on any atom is 0.290 e. The number of hydrogen-bond acceptors (Lipinski definition) is 9. The van der Waals surface area contributed by atoms with Crippen LogP contribution in [0.3, 0.4) is 0 Å². The molecule has 0 bridgehead atoms. The third-order valence-corrected chi connectivity index (χ3v) is 7.57. The number of halogens is 1. The van der Waals surface area contributed by atoms with E-state index in [1.54, 1.807) is 55.8 Å². The van der Waals surface area contributed by atoms with Crippen LogP contribution in [0.15, 0.2) is 70.5 Å². The van der Waals surface area contributed by atoms with Crippen LogP contribution in [-0.4, -0.2) is 50.0 Å². The molecule has 0 fully saturated rings. The number of aromatic nitrogens is 5. The van der Waals surface area contributed by atoms with E-state index in [0.717, 1.165) is 10.2 Å². The first-order chi connectivity index (χ1) is 21.9. The van der Waals surface area contributed by atoms with Gasteiger partial charge in [0, 0.05) is 36.6 Å². The fraction of sp³-hybridized carbons (Fsp3) is 0.324. The third-order valence-electron chi connectivity index (χ3n) is 7.57. The Balaban J connectivity index is 1.51. The molecule has 0 aliphatic rings. The van der Waals surface area contributed by atoms with Gasteiger partial charge in [-0.15, -0.1) is 0 Å². The molecule has 0 saturated heterocycles. The standard InChI is InChI=1S/C34H37FN6O5/c1-20(18-45-6)19-46-23-10-11-30(36-16-23)38-28-14-27(39-40(5)32(28)43)24-8-7-9-29(25(24)17-42)41-33(44)31-21(15-37-41)12-22(13-26(31)35)34(2,3)4/h7-16,20,42H,17-19H2,1-6H3,(H,36,38)/t20-/m0/s1. The summed E-state index contributed by atoms with van der Waals surface area (Å²) in [6, 6.07) is 13.1. The molecular weight excluding hydrogens is 591 g/mol. The molecule has 1 atom stereocenters. The summed E-state index contributed by atoms with van der Waals surface area (Å²) in [7, 11) is 3.15. The van der Waals surface area contributed by atoms with Gasteiger partial charge in [-0.1, -0.05) is 39.8 Å². The highest BCUT2D eigenvalue weighted by Crippen LogP contribution is 2.30. The van der Waals surface area contributed by atoms with Crippen LogP contribution >= 0.6 is 0 Å². The Hall–Kier alpha value is -4.94. The van der Waals surface area contributed by atoms with Gasteiger partial charge in [0.05, 0.1) is 49.0 Å².